The van der Waals surface area contributed by atoms with Gasteiger partial charge in [-0.1, -0.05) is 12.1 Å². The molecule has 0 aromatic heterocycles. The van der Waals surface area contributed by atoms with Crippen LogP contribution in [0.4, 0.5) is 10.5 Å². The molecule has 7 heteroatoms. The first-order valence-electron chi connectivity index (χ1n) is 8.99. The number of nitrogens with one attached hydrogen (secondary N) is 1. The highest BCUT2D eigenvalue weighted by atomic mass is 16.6. The van der Waals surface area contributed by atoms with E-state index in [1.165, 1.54) is 14.2 Å². The lowest BCUT2D eigenvalue weighted by atomic mass is 10.1. The predicted molar refractivity (Wildman–Crippen MR) is 105 cm³/mol. The molecule has 2 amide bonds. The molecule has 148 valence electrons. The van der Waals surface area contributed by atoms with Crippen LogP contribution in [0.3, 0.4) is 0 Å². The molecule has 1 fully saturated rings. The van der Waals surface area contributed by atoms with Crippen molar-refractivity contribution >= 4 is 17.7 Å². The first-order valence-corrected chi connectivity index (χ1v) is 8.99. The average molecular weight is 384 g/mol. The summed E-state index contributed by atoms with van der Waals surface area (Å²) in [6.07, 6.45) is -0.865. The van der Waals surface area contributed by atoms with Crippen LogP contribution in [-0.2, 0) is 4.74 Å². The van der Waals surface area contributed by atoms with Gasteiger partial charge in [-0.3, -0.25) is 9.69 Å². The molecule has 28 heavy (non-hydrogen) atoms. The van der Waals surface area contributed by atoms with Gasteiger partial charge in [-0.2, -0.15) is 0 Å². The van der Waals surface area contributed by atoms with E-state index < -0.39 is 12.2 Å². The SMILES string of the molecule is COc1cccc(OC)c1C(=O)NCC1CN(c2ccc(C)c(C)c2)C(=O)O1. The van der Waals surface area contributed by atoms with Gasteiger partial charge in [-0.25, -0.2) is 4.79 Å². The maximum atomic E-state index is 12.7. The van der Waals surface area contributed by atoms with E-state index in [1.54, 1.807) is 23.1 Å². The first kappa shape index (κ1) is 19.5. The quantitative estimate of drug-likeness (QED) is 0.828. The third kappa shape index (κ3) is 3.88. The standard InChI is InChI=1S/C21H24N2O5/c1-13-8-9-15(10-14(13)2)23-12-16(28-21(23)25)11-22-20(24)19-17(26-3)6-5-7-18(19)27-4/h5-10,16H,11-12H2,1-4H3,(H,22,24). The molecule has 1 N–H and O–H groups in total. The minimum atomic E-state index is -0.446. The topological polar surface area (TPSA) is 77.1 Å². The molecule has 0 radical (unpaired) electrons. The van der Waals surface area contributed by atoms with Crippen LogP contribution in [0.1, 0.15) is 21.5 Å². The molecule has 0 saturated carbocycles. The highest BCUT2D eigenvalue weighted by molar-refractivity contribution is 5.99. The lowest BCUT2D eigenvalue weighted by Crippen LogP contribution is -2.35. The molecule has 1 atom stereocenters. The molecular formula is C21H24N2O5. The molecule has 0 spiro atoms. The van der Waals surface area contributed by atoms with E-state index in [2.05, 4.69) is 5.32 Å². The van der Waals surface area contributed by atoms with Crippen LogP contribution in [0.2, 0.25) is 0 Å². The highest BCUT2D eigenvalue weighted by Crippen LogP contribution is 2.28. The van der Waals surface area contributed by atoms with Crippen molar-refractivity contribution in [2.45, 2.75) is 20.0 Å². The van der Waals surface area contributed by atoms with Crippen molar-refractivity contribution < 1.29 is 23.8 Å². The van der Waals surface area contributed by atoms with Gasteiger partial charge in [-0.15, -0.1) is 0 Å². The van der Waals surface area contributed by atoms with Crippen molar-refractivity contribution in [3.63, 3.8) is 0 Å². The van der Waals surface area contributed by atoms with Gasteiger partial charge in [0, 0.05) is 5.69 Å². The first-order chi connectivity index (χ1) is 13.4. The van der Waals surface area contributed by atoms with Gasteiger partial charge in [0.1, 0.15) is 23.2 Å². The Hall–Kier alpha value is -3.22. The second-order valence-electron chi connectivity index (χ2n) is 6.63. The predicted octanol–water partition coefficient (Wildman–Crippen LogP) is 3.08. The van der Waals surface area contributed by atoms with Crippen molar-refractivity contribution in [2.75, 3.05) is 32.2 Å². The molecule has 1 unspecified atom stereocenters. The van der Waals surface area contributed by atoms with Gasteiger partial charge in [0.15, 0.2) is 0 Å². The van der Waals surface area contributed by atoms with E-state index in [0.717, 1.165) is 16.8 Å². The number of methoxy groups -OCH3 is 2. The Kier molecular flexibility index (Phi) is 5.73. The van der Waals surface area contributed by atoms with Crippen LogP contribution in [-0.4, -0.2) is 45.4 Å². The van der Waals surface area contributed by atoms with E-state index in [1.807, 2.05) is 32.0 Å². The zero-order valence-corrected chi connectivity index (χ0v) is 16.4. The number of amides is 2. The Bertz CT molecular complexity index is 874. The lowest BCUT2D eigenvalue weighted by molar-refractivity contribution is 0.0910. The van der Waals surface area contributed by atoms with Crippen molar-refractivity contribution in [3.05, 3.63) is 53.1 Å². The molecule has 1 aliphatic heterocycles. The zero-order valence-electron chi connectivity index (χ0n) is 16.4. The molecule has 3 rings (SSSR count). The number of benzene rings is 2. The summed E-state index contributed by atoms with van der Waals surface area (Å²) in [5, 5.41) is 2.80. The fourth-order valence-corrected chi connectivity index (χ4v) is 3.10. The maximum absolute atomic E-state index is 12.7. The normalized spacial score (nSPS) is 15.9. The summed E-state index contributed by atoms with van der Waals surface area (Å²) in [5.74, 6) is 0.476. The highest BCUT2D eigenvalue weighted by Gasteiger charge is 2.33. The summed E-state index contributed by atoms with van der Waals surface area (Å²) in [5.41, 5.74) is 3.35. The summed E-state index contributed by atoms with van der Waals surface area (Å²) >= 11 is 0. The molecule has 1 aliphatic rings. The number of hydrogen-bond donors (Lipinski definition) is 1. The largest absolute Gasteiger partial charge is 0.496 e. The Labute approximate surface area is 164 Å². The van der Waals surface area contributed by atoms with Crippen molar-refractivity contribution in [2.24, 2.45) is 0 Å². The average Bonchev–Trinajstić information content (AvgIpc) is 3.08. The van der Waals surface area contributed by atoms with Crippen LogP contribution >= 0.6 is 0 Å². The Morgan fingerprint density at radius 1 is 1.14 bits per heavy atom. The number of nitrogens with zero attached hydrogens (tertiary/aromatic N) is 1. The van der Waals surface area contributed by atoms with E-state index in [0.29, 0.717) is 23.6 Å². The molecule has 0 aliphatic carbocycles. The minimum Gasteiger partial charge on any atom is -0.496 e. The monoisotopic (exact) mass is 384 g/mol. The van der Waals surface area contributed by atoms with Crippen LogP contribution in [0.15, 0.2) is 36.4 Å². The van der Waals surface area contributed by atoms with Crippen LogP contribution in [0.5, 0.6) is 11.5 Å². The summed E-state index contributed by atoms with van der Waals surface area (Å²) in [7, 11) is 2.98. The fraction of sp³-hybridized carbons (Fsp3) is 0.333. The summed E-state index contributed by atoms with van der Waals surface area (Å²) in [4.78, 5) is 26.5. The van der Waals surface area contributed by atoms with Gasteiger partial charge in [-0.05, 0) is 49.2 Å². The maximum Gasteiger partial charge on any atom is 0.414 e. The molecule has 1 heterocycles. The number of anilines is 1. The lowest BCUT2D eigenvalue weighted by Gasteiger charge is -2.15. The third-order valence-electron chi connectivity index (χ3n) is 4.82. The Balaban J connectivity index is 1.67. The smallest absolute Gasteiger partial charge is 0.414 e. The van der Waals surface area contributed by atoms with Crippen molar-refractivity contribution in [1.82, 2.24) is 5.32 Å². The van der Waals surface area contributed by atoms with E-state index in [9.17, 15) is 9.59 Å². The van der Waals surface area contributed by atoms with Crippen LogP contribution < -0.4 is 19.7 Å². The van der Waals surface area contributed by atoms with Crippen LogP contribution in [0, 0.1) is 13.8 Å². The Morgan fingerprint density at radius 2 is 1.82 bits per heavy atom. The van der Waals surface area contributed by atoms with Crippen molar-refractivity contribution in [1.29, 1.82) is 0 Å². The zero-order chi connectivity index (χ0) is 20.3. The van der Waals surface area contributed by atoms with Crippen molar-refractivity contribution in [3.8, 4) is 11.5 Å². The molecule has 2 aromatic carbocycles. The fourth-order valence-electron chi connectivity index (χ4n) is 3.10. The molecular weight excluding hydrogens is 360 g/mol. The summed E-state index contributed by atoms with van der Waals surface area (Å²) < 4.78 is 15.9. The molecule has 1 saturated heterocycles. The number of carbonyl (C=O) groups excluding carboxylic acids is 2. The second kappa shape index (κ2) is 8.21. The molecule has 0 bridgehead atoms. The number of carbonyl (C=O) groups is 2. The minimum absolute atomic E-state index is 0.188. The van der Waals surface area contributed by atoms with E-state index >= 15 is 0 Å². The van der Waals surface area contributed by atoms with E-state index in [-0.39, 0.29) is 12.5 Å². The summed E-state index contributed by atoms with van der Waals surface area (Å²) in [6, 6.07) is 10.9. The van der Waals surface area contributed by atoms with E-state index in [4.69, 9.17) is 14.2 Å². The van der Waals surface area contributed by atoms with Gasteiger partial charge in [0.05, 0.1) is 27.3 Å². The molecule has 7 nitrogen and oxygen atoms in total. The van der Waals surface area contributed by atoms with Crippen LogP contribution in [0.25, 0.3) is 0 Å². The number of hydrogen-bond acceptors (Lipinski definition) is 5. The summed E-state index contributed by atoms with van der Waals surface area (Å²) in [6.45, 7) is 4.57. The van der Waals surface area contributed by atoms with Gasteiger partial charge < -0.3 is 19.5 Å². The number of rotatable bonds is 6. The van der Waals surface area contributed by atoms with Gasteiger partial charge in [0.25, 0.3) is 5.91 Å². The number of cyclic esters (lactones) is 1. The Morgan fingerprint density at radius 3 is 2.43 bits per heavy atom. The third-order valence-corrected chi connectivity index (χ3v) is 4.82. The number of ether oxygens (including phenoxy) is 3. The van der Waals surface area contributed by atoms with Gasteiger partial charge >= 0.3 is 6.09 Å². The van der Waals surface area contributed by atoms with Gasteiger partial charge in [0.2, 0.25) is 0 Å². The number of aryl methyl sites for hydroxylation is 2. The molecule has 2 aromatic rings. The second-order valence-corrected chi connectivity index (χ2v) is 6.63.